The van der Waals surface area contributed by atoms with E-state index in [1.165, 1.54) is 47.9 Å². The lowest BCUT2D eigenvalue weighted by atomic mass is 9.89. The molecule has 1 N–H and O–H groups in total. The minimum atomic E-state index is -0.542. The van der Waals surface area contributed by atoms with E-state index in [0.29, 0.717) is 12.5 Å². The second-order valence-corrected chi connectivity index (χ2v) is 6.93. The molecule has 2 amide bonds. The van der Waals surface area contributed by atoms with Crippen LogP contribution < -0.4 is 5.32 Å². The fraction of sp³-hybridized carbons (Fsp3) is 0.421. The minimum Gasteiger partial charge on any atom is -0.363 e. The van der Waals surface area contributed by atoms with Crippen molar-refractivity contribution >= 4 is 23.3 Å². The van der Waals surface area contributed by atoms with E-state index in [4.69, 9.17) is 0 Å². The van der Waals surface area contributed by atoms with Gasteiger partial charge in [-0.25, -0.2) is 0 Å². The largest absolute Gasteiger partial charge is 0.363 e. The number of non-ortho nitro benzene ring substituents is 1. The molecule has 28 heavy (non-hydrogen) atoms. The smallest absolute Gasteiger partial charge is 0.270 e. The Bertz CT molecular complexity index is 831. The van der Waals surface area contributed by atoms with Crippen molar-refractivity contribution in [1.29, 1.82) is 0 Å². The molecule has 1 fully saturated rings. The SMILES string of the molecule is O=C(CN(CC1CCCCC1)C(=O)c1cccc([N+](=O)[O-])c1)Nc1ccon1. The second kappa shape index (κ2) is 9.12. The molecule has 0 saturated heterocycles. The van der Waals surface area contributed by atoms with Gasteiger partial charge in [-0.3, -0.25) is 19.7 Å². The molecule has 3 rings (SSSR count). The molecule has 148 valence electrons. The zero-order valence-electron chi connectivity index (χ0n) is 15.4. The Morgan fingerprint density at radius 3 is 2.71 bits per heavy atom. The first-order valence-electron chi connectivity index (χ1n) is 9.27. The molecule has 0 aliphatic heterocycles. The number of carbonyl (C=O) groups excluding carboxylic acids is 2. The maximum absolute atomic E-state index is 13.0. The van der Waals surface area contributed by atoms with E-state index >= 15 is 0 Å². The van der Waals surface area contributed by atoms with Crippen LogP contribution >= 0.6 is 0 Å². The van der Waals surface area contributed by atoms with Gasteiger partial charge in [0, 0.05) is 30.3 Å². The molecule has 1 aliphatic carbocycles. The van der Waals surface area contributed by atoms with Crippen molar-refractivity contribution in [1.82, 2.24) is 10.1 Å². The summed E-state index contributed by atoms with van der Waals surface area (Å²) in [7, 11) is 0. The fourth-order valence-corrected chi connectivity index (χ4v) is 3.47. The van der Waals surface area contributed by atoms with Crippen molar-refractivity contribution in [2.45, 2.75) is 32.1 Å². The molecule has 1 aliphatic rings. The highest BCUT2D eigenvalue weighted by Gasteiger charge is 2.25. The van der Waals surface area contributed by atoms with Crippen LogP contribution in [-0.4, -0.2) is 39.9 Å². The number of rotatable bonds is 7. The normalized spacial score (nSPS) is 14.4. The van der Waals surface area contributed by atoms with Gasteiger partial charge < -0.3 is 14.7 Å². The number of nitrogens with one attached hydrogen (secondary N) is 1. The Labute approximate surface area is 161 Å². The summed E-state index contributed by atoms with van der Waals surface area (Å²) in [6.45, 7) is 0.276. The third-order valence-electron chi connectivity index (χ3n) is 4.83. The number of benzene rings is 1. The van der Waals surface area contributed by atoms with E-state index < -0.39 is 16.7 Å². The Balaban J connectivity index is 1.75. The van der Waals surface area contributed by atoms with Crippen molar-refractivity contribution in [3.05, 3.63) is 52.3 Å². The molecule has 1 saturated carbocycles. The van der Waals surface area contributed by atoms with Crippen LogP contribution in [-0.2, 0) is 4.79 Å². The van der Waals surface area contributed by atoms with E-state index in [9.17, 15) is 19.7 Å². The molecule has 0 bridgehead atoms. The van der Waals surface area contributed by atoms with Crippen molar-refractivity contribution in [3.63, 3.8) is 0 Å². The summed E-state index contributed by atoms with van der Waals surface area (Å²) in [5.41, 5.74) is 0.0368. The second-order valence-electron chi connectivity index (χ2n) is 6.93. The molecule has 0 spiro atoms. The number of amides is 2. The number of carbonyl (C=O) groups is 2. The van der Waals surface area contributed by atoms with Crippen LogP contribution in [0.2, 0.25) is 0 Å². The zero-order valence-corrected chi connectivity index (χ0v) is 15.4. The van der Waals surface area contributed by atoms with Crippen LogP contribution in [0, 0.1) is 16.0 Å². The van der Waals surface area contributed by atoms with Gasteiger partial charge in [0.2, 0.25) is 5.91 Å². The first-order chi connectivity index (χ1) is 13.5. The summed E-state index contributed by atoms with van der Waals surface area (Å²) in [4.78, 5) is 37.3. The van der Waals surface area contributed by atoms with Gasteiger partial charge >= 0.3 is 0 Å². The molecule has 9 heteroatoms. The van der Waals surface area contributed by atoms with Crippen LogP contribution in [0.25, 0.3) is 0 Å². The summed E-state index contributed by atoms with van der Waals surface area (Å²) >= 11 is 0. The average molecular weight is 386 g/mol. The number of nitro groups is 1. The number of hydrogen-bond donors (Lipinski definition) is 1. The van der Waals surface area contributed by atoms with Crippen LogP contribution in [0.3, 0.4) is 0 Å². The average Bonchev–Trinajstić information content (AvgIpc) is 3.20. The van der Waals surface area contributed by atoms with Crippen molar-refractivity contribution < 1.29 is 19.0 Å². The van der Waals surface area contributed by atoms with Crippen LogP contribution in [0.15, 0.2) is 41.1 Å². The van der Waals surface area contributed by atoms with Crippen LogP contribution in [0.4, 0.5) is 11.5 Å². The van der Waals surface area contributed by atoms with E-state index in [0.717, 1.165) is 25.7 Å². The van der Waals surface area contributed by atoms with Gasteiger partial charge in [-0.1, -0.05) is 30.5 Å². The molecule has 9 nitrogen and oxygen atoms in total. The topological polar surface area (TPSA) is 119 Å². The number of anilines is 1. The first-order valence-corrected chi connectivity index (χ1v) is 9.27. The fourth-order valence-electron chi connectivity index (χ4n) is 3.47. The maximum Gasteiger partial charge on any atom is 0.270 e. The highest BCUT2D eigenvalue weighted by Crippen LogP contribution is 2.25. The lowest BCUT2D eigenvalue weighted by Gasteiger charge is -2.29. The molecule has 0 unspecified atom stereocenters. The van der Waals surface area contributed by atoms with Crippen molar-refractivity contribution in [2.24, 2.45) is 5.92 Å². The van der Waals surface area contributed by atoms with Gasteiger partial charge in [-0.05, 0) is 24.8 Å². The summed E-state index contributed by atoms with van der Waals surface area (Å²) in [6.07, 6.45) is 6.74. The van der Waals surface area contributed by atoms with E-state index in [2.05, 4.69) is 15.0 Å². The van der Waals surface area contributed by atoms with Gasteiger partial charge in [-0.2, -0.15) is 0 Å². The van der Waals surface area contributed by atoms with Crippen molar-refractivity contribution in [2.75, 3.05) is 18.4 Å². The summed E-state index contributed by atoms with van der Waals surface area (Å²) in [6, 6.07) is 7.08. The van der Waals surface area contributed by atoms with Gasteiger partial charge in [0.05, 0.1) is 4.92 Å². The van der Waals surface area contributed by atoms with Crippen LogP contribution in [0.5, 0.6) is 0 Å². The number of nitrogens with zero attached hydrogens (tertiary/aromatic N) is 3. The van der Waals surface area contributed by atoms with E-state index in [-0.39, 0.29) is 23.6 Å². The maximum atomic E-state index is 13.0. The van der Waals surface area contributed by atoms with Gasteiger partial charge in [0.1, 0.15) is 12.8 Å². The summed E-state index contributed by atoms with van der Waals surface area (Å²) in [5.74, 6) is -0.213. The molecule has 0 radical (unpaired) electrons. The molecule has 1 aromatic carbocycles. The lowest BCUT2D eigenvalue weighted by Crippen LogP contribution is -2.41. The monoisotopic (exact) mass is 386 g/mol. The third-order valence-corrected chi connectivity index (χ3v) is 4.83. The Morgan fingerprint density at radius 1 is 1.25 bits per heavy atom. The predicted molar refractivity (Wildman–Crippen MR) is 101 cm³/mol. The van der Waals surface area contributed by atoms with Crippen molar-refractivity contribution in [3.8, 4) is 0 Å². The summed E-state index contributed by atoms with van der Waals surface area (Å²) in [5, 5.41) is 17.2. The summed E-state index contributed by atoms with van der Waals surface area (Å²) < 4.78 is 4.69. The predicted octanol–water partition coefficient (Wildman–Crippen LogP) is 3.24. The highest BCUT2D eigenvalue weighted by molar-refractivity contribution is 5.99. The van der Waals surface area contributed by atoms with E-state index in [1.807, 2.05) is 0 Å². The Kier molecular flexibility index (Phi) is 6.36. The minimum absolute atomic E-state index is 0.157. The van der Waals surface area contributed by atoms with Gasteiger partial charge in [-0.15, -0.1) is 0 Å². The molecule has 2 aromatic rings. The first kappa shape index (κ1) is 19.5. The Morgan fingerprint density at radius 2 is 2.04 bits per heavy atom. The lowest BCUT2D eigenvalue weighted by molar-refractivity contribution is -0.384. The molecular formula is C19H22N4O5. The van der Waals surface area contributed by atoms with E-state index in [1.54, 1.807) is 0 Å². The molecule has 1 aromatic heterocycles. The quantitative estimate of drug-likeness (QED) is 0.576. The number of aromatic nitrogens is 1. The van der Waals surface area contributed by atoms with Crippen LogP contribution in [0.1, 0.15) is 42.5 Å². The standard InChI is InChI=1S/C19H22N4O5/c24-18(20-17-9-10-28-21-17)13-22(12-14-5-2-1-3-6-14)19(25)15-7-4-8-16(11-15)23(26)27/h4,7-11,14H,1-3,5-6,12-13H2,(H,20,21,24). The molecule has 0 atom stereocenters. The number of hydrogen-bond acceptors (Lipinski definition) is 6. The third kappa shape index (κ3) is 5.15. The molecular weight excluding hydrogens is 364 g/mol. The zero-order chi connectivity index (χ0) is 19.9. The Hall–Kier alpha value is -3.23. The number of nitro benzene ring substituents is 1. The highest BCUT2D eigenvalue weighted by atomic mass is 16.6. The van der Waals surface area contributed by atoms with Gasteiger partial charge in [0.25, 0.3) is 11.6 Å². The van der Waals surface area contributed by atoms with Gasteiger partial charge in [0.15, 0.2) is 5.82 Å². The molecule has 1 heterocycles.